The van der Waals surface area contributed by atoms with E-state index in [-0.39, 0.29) is 0 Å². The summed E-state index contributed by atoms with van der Waals surface area (Å²) in [6.07, 6.45) is 2.93. The SMILES string of the molecule is Cn1ccc2cccc(OCCCN)c21. The third kappa shape index (κ3) is 1.97. The number of para-hydroxylation sites is 1. The summed E-state index contributed by atoms with van der Waals surface area (Å²) in [5.41, 5.74) is 6.58. The molecule has 80 valence electrons. The minimum absolute atomic E-state index is 0.670. The standard InChI is InChI=1S/C12H16N2O/c1-14-8-6-10-4-2-5-11(12(10)14)15-9-3-7-13/h2,4-6,8H,3,7,9,13H2,1H3. The Morgan fingerprint density at radius 1 is 1.33 bits per heavy atom. The second kappa shape index (κ2) is 4.36. The first-order chi connectivity index (χ1) is 7.33. The summed E-state index contributed by atoms with van der Waals surface area (Å²) in [6, 6.07) is 8.19. The molecule has 3 nitrogen and oxygen atoms in total. The maximum atomic E-state index is 5.70. The van der Waals surface area contributed by atoms with Crippen LogP contribution in [0.25, 0.3) is 10.9 Å². The molecule has 0 aliphatic rings. The van der Waals surface area contributed by atoms with Gasteiger partial charge in [-0.25, -0.2) is 0 Å². The van der Waals surface area contributed by atoms with Gasteiger partial charge in [-0.1, -0.05) is 12.1 Å². The van der Waals surface area contributed by atoms with Crippen LogP contribution in [-0.2, 0) is 7.05 Å². The minimum Gasteiger partial charge on any atom is -0.491 e. The highest BCUT2D eigenvalue weighted by Crippen LogP contribution is 2.25. The molecule has 0 radical (unpaired) electrons. The average Bonchev–Trinajstić information content (AvgIpc) is 2.62. The Bertz CT molecular complexity index is 448. The summed E-state index contributed by atoms with van der Waals surface area (Å²) in [4.78, 5) is 0. The Kier molecular flexibility index (Phi) is 2.92. The highest BCUT2D eigenvalue weighted by molar-refractivity contribution is 5.85. The largest absolute Gasteiger partial charge is 0.491 e. The molecule has 0 unspecified atom stereocenters. The van der Waals surface area contributed by atoms with Gasteiger partial charge in [-0.15, -0.1) is 0 Å². The monoisotopic (exact) mass is 204 g/mol. The topological polar surface area (TPSA) is 40.2 Å². The van der Waals surface area contributed by atoms with Crippen molar-refractivity contribution in [3.8, 4) is 5.75 Å². The molecular formula is C12H16N2O. The van der Waals surface area contributed by atoms with Gasteiger partial charge in [-0.3, -0.25) is 0 Å². The summed E-state index contributed by atoms with van der Waals surface area (Å²) in [7, 11) is 2.03. The third-order valence-corrected chi connectivity index (χ3v) is 2.47. The van der Waals surface area contributed by atoms with E-state index >= 15 is 0 Å². The zero-order valence-corrected chi connectivity index (χ0v) is 8.94. The Morgan fingerprint density at radius 3 is 3.00 bits per heavy atom. The lowest BCUT2D eigenvalue weighted by Crippen LogP contribution is -2.06. The van der Waals surface area contributed by atoms with Gasteiger partial charge in [0.1, 0.15) is 5.75 Å². The number of nitrogens with zero attached hydrogens (tertiary/aromatic N) is 1. The van der Waals surface area contributed by atoms with E-state index in [1.807, 2.05) is 25.4 Å². The zero-order valence-electron chi connectivity index (χ0n) is 8.94. The molecule has 0 saturated carbocycles. The molecule has 0 aliphatic heterocycles. The lowest BCUT2D eigenvalue weighted by atomic mass is 10.2. The highest BCUT2D eigenvalue weighted by Gasteiger charge is 2.04. The van der Waals surface area contributed by atoms with Gasteiger partial charge in [0.2, 0.25) is 0 Å². The number of hydrogen-bond acceptors (Lipinski definition) is 2. The van der Waals surface area contributed by atoms with Crippen molar-refractivity contribution in [1.29, 1.82) is 0 Å². The Labute approximate surface area is 89.4 Å². The smallest absolute Gasteiger partial charge is 0.143 e. The van der Waals surface area contributed by atoms with Crippen molar-refractivity contribution in [2.75, 3.05) is 13.2 Å². The molecule has 0 saturated heterocycles. The average molecular weight is 204 g/mol. The molecule has 2 rings (SSSR count). The number of nitrogens with two attached hydrogens (primary N) is 1. The molecule has 1 aromatic carbocycles. The molecule has 2 aromatic rings. The number of fused-ring (bicyclic) bond motifs is 1. The van der Waals surface area contributed by atoms with E-state index in [0.29, 0.717) is 13.2 Å². The lowest BCUT2D eigenvalue weighted by Gasteiger charge is -2.08. The van der Waals surface area contributed by atoms with Crippen LogP contribution in [0.15, 0.2) is 30.5 Å². The molecule has 0 aliphatic carbocycles. The van der Waals surface area contributed by atoms with E-state index < -0.39 is 0 Å². The van der Waals surface area contributed by atoms with E-state index in [0.717, 1.165) is 17.7 Å². The highest BCUT2D eigenvalue weighted by atomic mass is 16.5. The first-order valence-electron chi connectivity index (χ1n) is 5.20. The Morgan fingerprint density at radius 2 is 2.20 bits per heavy atom. The second-order valence-corrected chi connectivity index (χ2v) is 3.61. The van der Waals surface area contributed by atoms with Gasteiger partial charge >= 0.3 is 0 Å². The van der Waals surface area contributed by atoms with Gasteiger partial charge in [-0.05, 0) is 25.1 Å². The lowest BCUT2D eigenvalue weighted by molar-refractivity contribution is 0.316. The third-order valence-electron chi connectivity index (χ3n) is 2.47. The Balaban J connectivity index is 2.29. The number of benzene rings is 1. The van der Waals surface area contributed by atoms with E-state index in [4.69, 9.17) is 10.5 Å². The summed E-state index contributed by atoms with van der Waals surface area (Å²) < 4.78 is 7.77. The van der Waals surface area contributed by atoms with Gasteiger partial charge in [0.05, 0.1) is 12.1 Å². The fourth-order valence-corrected chi connectivity index (χ4v) is 1.70. The minimum atomic E-state index is 0.670. The van der Waals surface area contributed by atoms with E-state index in [2.05, 4.69) is 16.7 Å². The van der Waals surface area contributed by atoms with E-state index in [9.17, 15) is 0 Å². The van der Waals surface area contributed by atoms with Crippen molar-refractivity contribution < 1.29 is 4.74 Å². The normalized spacial score (nSPS) is 10.8. The fraction of sp³-hybridized carbons (Fsp3) is 0.333. The summed E-state index contributed by atoms with van der Waals surface area (Å²) in [5.74, 6) is 0.938. The number of ether oxygens (including phenoxy) is 1. The van der Waals surface area contributed by atoms with Crippen LogP contribution in [0.5, 0.6) is 5.75 Å². The Hall–Kier alpha value is -1.48. The van der Waals surface area contributed by atoms with Crippen LogP contribution in [0, 0.1) is 0 Å². The number of aromatic nitrogens is 1. The van der Waals surface area contributed by atoms with Gasteiger partial charge in [0.15, 0.2) is 0 Å². The molecule has 1 aromatic heterocycles. The summed E-state index contributed by atoms with van der Waals surface area (Å²) >= 11 is 0. The molecule has 0 amide bonds. The van der Waals surface area contributed by atoms with Crippen molar-refractivity contribution in [1.82, 2.24) is 4.57 Å². The maximum Gasteiger partial charge on any atom is 0.143 e. The summed E-state index contributed by atoms with van der Waals surface area (Å²) in [5, 5.41) is 1.21. The molecule has 1 heterocycles. The van der Waals surface area contributed by atoms with Crippen LogP contribution in [0.2, 0.25) is 0 Å². The van der Waals surface area contributed by atoms with E-state index in [1.165, 1.54) is 5.39 Å². The van der Waals surface area contributed by atoms with Gasteiger partial charge in [-0.2, -0.15) is 0 Å². The maximum absolute atomic E-state index is 5.70. The van der Waals surface area contributed by atoms with Crippen molar-refractivity contribution in [2.45, 2.75) is 6.42 Å². The van der Waals surface area contributed by atoms with Crippen LogP contribution in [0.1, 0.15) is 6.42 Å². The first kappa shape index (κ1) is 10.1. The predicted octanol–water partition coefficient (Wildman–Crippen LogP) is 1.91. The van der Waals surface area contributed by atoms with Gasteiger partial charge in [0, 0.05) is 18.6 Å². The van der Waals surface area contributed by atoms with Crippen LogP contribution in [0.4, 0.5) is 0 Å². The molecule has 0 atom stereocenters. The molecule has 15 heavy (non-hydrogen) atoms. The van der Waals surface area contributed by atoms with Crippen LogP contribution < -0.4 is 10.5 Å². The number of aryl methyl sites for hydroxylation is 1. The molecule has 0 bridgehead atoms. The van der Waals surface area contributed by atoms with Gasteiger partial charge < -0.3 is 15.0 Å². The van der Waals surface area contributed by atoms with E-state index in [1.54, 1.807) is 0 Å². The van der Waals surface area contributed by atoms with Crippen LogP contribution in [0.3, 0.4) is 0 Å². The quantitative estimate of drug-likeness (QED) is 0.773. The predicted molar refractivity (Wildman–Crippen MR) is 62.1 cm³/mol. The fourth-order valence-electron chi connectivity index (χ4n) is 1.70. The van der Waals surface area contributed by atoms with Crippen molar-refractivity contribution in [2.24, 2.45) is 12.8 Å². The molecular weight excluding hydrogens is 188 g/mol. The van der Waals surface area contributed by atoms with Crippen LogP contribution in [-0.4, -0.2) is 17.7 Å². The number of rotatable bonds is 4. The first-order valence-corrected chi connectivity index (χ1v) is 5.20. The zero-order chi connectivity index (χ0) is 10.7. The van der Waals surface area contributed by atoms with Gasteiger partial charge in [0.25, 0.3) is 0 Å². The molecule has 3 heteroatoms. The van der Waals surface area contributed by atoms with Crippen molar-refractivity contribution in [3.63, 3.8) is 0 Å². The number of hydrogen-bond donors (Lipinski definition) is 1. The molecule has 0 fully saturated rings. The second-order valence-electron chi connectivity index (χ2n) is 3.61. The van der Waals surface area contributed by atoms with Crippen molar-refractivity contribution >= 4 is 10.9 Å². The van der Waals surface area contributed by atoms with Crippen LogP contribution >= 0.6 is 0 Å². The molecule has 0 spiro atoms. The van der Waals surface area contributed by atoms with Crippen molar-refractivity contribution in [3.05, 3.63) is 30.5 Å². The summed E-state index contributed by atoms with van der Waals surface area (Å²) in [6.45, 7) is 1.35. The molecule has 2 N–H and O–H groups in total.